The molecule has 2 amide bonds. The van der Waals surface area contributed by atoms with Crippen molar-refractivity contribution in [3.63, 3.8) is 0 Å². The lowest BCUT2D eigenvalue weighted by atomic mass is 10.2. The van der Waals surface area contributed by atoms with Gasteiger partial charge in [0.25, 0.3) is 21.8 Å². The molecule has 0 heterocycles. The van der Waals surface area contributed by atoms with Gasteiger partial charge in [0.2, 0.25) is 0 Å². The van der Waals surface area contributed by atoms with Crippen LogP contribution >= 0.6 is 0 Å². The number of nitrogens with one attached hydrogen (secondary N) is 1. The highest BCUT2D eigenvalue weighted by molar-refractivity contribution is 7.89. The quantitative estimate of drug-likeness (QED) is 0.818. The smallest absolute Gasteiger partial charge is 0.271 e. The van der Waals surface area contributed by atoms with Crippen molar-refractivity contribution in [2.75, 3.05) is 14.2 Å². The molecule has 2 aromatic carbocycles. The van der Waals surface area contributed by atoms with Gasteiger partial charge in [-0.15, -0.1) is 0 Å². The number of para-hydroxylation sites is 1. The molecule has 0 unspecified atom stereocenters. The molecule has 0 atom stereocenters. The zero-order chi connectivity index (χ0) is 19.6. The van der Waals surface area contributed by atoms with Gasteiger partial charge < -0.3 is 10.1 Å². The van der Waals surface area contributed by atoms with Crippen LogP contribution in [-0.4, -0.2) is 44.7 Å². The van der Waals surface area contributed by atoms with Crippen LogP contribution in [0.5, 0.6) is 5.75 Å². The van der Waals surface area contributed by atoms with Gasteiger partial charge in [-0.25, -0.2) is 12.7 Å². The minimum Gasteiger partial charge on any atom is -0.496 e. The fourth-order valence-corrected chi connectivity index (χ4v) is 3.65. The first kappa shape index (κ1) is 18.9. The van der Waals surface area contributed by atoms with Crippen molar-refractivity contribution in [2.24, 2.45) is 0 Å². The number of carbonyl (C=O) groups is 2. The van der Waals surface area contributed by atoms with Crippen molar-refractivity contribution >= 4 is 21.8 Å². The van der Waals surface area contributed by atoms with Crippen molar-refractivity contribution in [3.8, 4) is 5.75 Å². The molecule has 1 saturated carbocycles. The number of amides is 2. The predicted molar refractivity (Wildman–Crippen MR) is 99.2 cm³/mol. The van der Waals surface area contributed by atoms with E-state index in [0.29, 0.717) is 9.87 Å². The molecule has 2 aromatic rings. The number of nitrogens with zero attached hydrogens (tertiary/aromatic N) is 1. The van der Waals surface area contributed by atoms with Gasteiger partial charge in [-0.3, -0.25) is 9.59 Å². The number of hydrogen-bond acceptors (Lipinski definition) is 5. The first-order chi connectivity index (χ1) is 12.8. The summed E-state index contributed by atoms with van der Waals surface area (Å²) in [5.74, 6) is -0.653. The molecule has 0 aliphatic heterocycles. The van der Waals surface area contributed by atoms with E-state index in [1.165, 1.54) is 44.5 Å². The zero-order valence-corrected chi connectivity index (χ0v) is 15.8. The van der Waals surface area contributed by atoms with Gasteiger partial charge >= 0.3 is 0 Å². The van der Waals surface area contributed by atoms with Crippen LogP contribution in [0.3, 0.4) is 0 Å². The number of methoxy groups -OCH3 is 1. The Hall–Kier alpha value is -2.87. The number of sulfonamides is 1. The Morgan fingerprint density at radius 3 is 2.30 bits per heavy atom. The van der Waals surface area contributed by atoms with Gasteiger partial charge in [0.05, 0.1) is 17.6 Å². The Balaban J connectivity index is 1.82. The largest absolute Gasteiger partial charge is 0.496 e. The van der Waals surface area contributed by atoms with E-state index in [1.54, 1.807) is 18.2 Å². The lowest BCUT2D eigenvalue weighted by Gasteiger charge is -2.19. The number of hydrogen-bond donors (Lipinski definition) is 1. The third kappa shape index (κ3) is 3.95. The van der Waals surface area contributed by atoms with Crippen molar-refractivity contribution < 1.29 is 22.7 Å². The second-order valence-electron chi connectivity index (χ2n) is 6.25. The van der Waals surface area contributed by atoms with Gasteiger partial charge in [0, 0.05) is 18.7 Å². The first-order valence-electron chi connectivity index (χ1n) is 8.42. The lowest BCUT2D eigenvalue weighted by Crippen LogP contribution is -2.33. The molecule has 0 radical (unpaired) electrons. The maximum absolute atomic E-state index is 12.8. The van der Waals surface area contributed by atoms with Crippen LogP contribution in [0.2, 0.25) is 0 Å². The van der Waals surface area contributed by atoms with E-state index in [2.05, 4.69) is 5.32 Å². The second kappa shape index (κ2) is 7.40. The molecule has 0 bridgehead atoms. The molecule has 3 rings (SSSR count). The maximum atomic E-state index is 12.8. The normalized spacial score (nSPS) is 13.7. The van der Waals surface area contributed by atoms with E-state index in [9.17, 15) is 18.0 Å². The molecule has 142 valence electrons. The first-order valence-corrected chi connectivity index (χ1v) is 9.86. The van der Waals surface area contributed by atoms with E-state index < -0.39 is 15.9 Å². The monoisotopic (exact) mass is 388 g/mol. The predicted octanol–water partition coefficient (Wildman–Crippen LogP) is 2.05. The third-order valence-corrected chi connectivity index (χ3v) is 6.07. The molecule has 7 nitrogen and oxygen atoms in total. The van der Waals surface area contributed by atoms with Gasteiger partial charge in [-0.2, -0.15) is 0 Å². The minimum atomic E-state index is -4.07. The van der Waals surface area contributed by atoms with Gasteiger partial charge in [-0.05, 0) is 49.2 Å². The van der Waals surface area contributed by atoms with E-state index in [4.69, 9.17) is 4.74 Å². The van der Waals surface area contributed by atoms with Crippen LogP contribution in [0.4, 0.5) is 0 Å². The lowest BCUT2D eigenvalue weighted by molar-refractivity contribution is 0.0878. The van der Waals surface area contributed by atoms with Crippen molar-refractivity contribution in [1.82, 2.24) is 9.62 Å². The maximum Gasteiger partial charge on any atom is 0.271 e. The van der Waals surface area contributed by atoms with Crippen LogP contribution in [0.15, 0.2) is 53.4 Å². The SMILES string of the molecule is COc1ccccc1C(=O)N(C)S(=O)(=O)c1ccc(C(=O)NC2CC2)cc1. The molecule has 27 heavy (non-hydrogen) atoms. The number of benzene rings is 2. The van der Waals surface area contributed by atoms with Crippen LogP contribution in [0.1, 0.15) is 33.6 Å². The third-order valence-electron chi connectivity index (χ3n) is 4.31. The average Bonchev–Trinajstić information content (AvgIpc) is 3.50. The highest BCUT2D eigenvalue weighted by atomic mass is 32.2. The molecule has 0 aromatic heterocycles. The number of ether oxygens (including phenoxy) is 1. The van der Waals surface area contributed by atoms with E-state index in [-0.39, 0.29) is 28.2 Å². The molecule has 0 spiro atoms. The fraction of sp³-hybridized carbons (Fsp3) is 0.263. The Labute approximate surface area is 158 Å². The van der Waals surface area contributed by atoms with Crippen LogP contribution in [0, 0.1) is 0 Å². The van der Waals surface area contributed by atoms with Crippen LogP contribution < -0.4 is 10.1 Å². The highest BCUT2D eigenvalue weighted by Gasteiger charge is 2.29. The molecule has 1 fully saturated rings. The standard InChI is InChI=1S/C19H20N2O5S/c1-21(19(23)16-5-3-4-6-17(16)26-2)27(24,25)15-11-7-13(8-12-15)18(22)20-14-9-10-14/h3-8,11-12,14H,9-10H2,1-2H3,(H,20,22). The summed E-state index contributed by atoms with van der Waals surface area (Å²) in [6.07, 6.45) is 1.93. The van der Waals surface area contributed by atoms with E-state index in [0.717, 1.165) is 12.8 Å². The summed E-state index contributed by atoms with van der Waals surface area (Å²) in [7, 11) is -1.47. The Morgan fingerprint density at radius 2 is 1.70 bits per heavy atom. The number of carbonyl (C=O) groups excluding carboxylic acids is 2. The number of rotatable bonds is 6. The second-order valence-corrected chi connectivity index (χ2v) is 8.22. The molecule has 0 saturated heterocycles. The summed E-state index contributed by atoms with van der Waals surface area (Å²) >= 11 is 0. The fourth-order valence-electron chi connectivity index (χ4n) is 2.53. The zero-order valence-electron chi connectivity index (χ0n) is 15.0. The summed E-state index contributed by atoms with van der Waals surface area (Å²) in [4.78, 5) is 24.6. The molecule has 1 N–H and O–H groups in total. The molecule has 1 aliphatic rings. The van der Waals surface area contributed by atoms with Crippen LogP contribution in [0.25, 0.3) is 0 Å². The van der Waals surface area contributed by atoms with Gasteiger partial charge in [0.15, 0.2) is 0 Å². The van der Waals surface area contributed by atoms with E-state index >= 15 is 0 Å². The molecule has 8 heteroatoms. The Kier molecular flexibility index (Phi) is 5.18. The summed E-state index contributed by atoms with van der Waals surface area (Å²) in [5, 5.41) is 2.84. The average molecular weight is 388 g/mol. The van der Waals surface area contributed by atoms with Gasteiger partial charge in [0.1, 0.15) is 5.75 Å². The van der Waals surface area contributed by atoms with Crippen molar-refractivity contribution in [3.05, 3.63) is 59.7 Å². The minimum absolute atomic E-state index is 0.0729. The summed E-state index contributed by atoms with van der Waals surface area (Å²) < 4.78 is 31.4. The topological polar surface area (TPSA) is 92.8 Å². The van der Waals surface area contributed by atoms with Crippen molar-refractivity contribution in [2.45, 2.75) is 23.8 Å². The van der Waals surface area contributed by atoms with E-state index in [1.807, 2.05) is 0 Å². The summed E-state index contributed by atoms with van der Waals surface area (Å²) in [6, 6.07) is 12.1. The Bertz CT molecular complexity index is 966. The van der Waals surface area contributed by atoms with Crippen molar-refractivity contribution in [1.29, 1.82) is 0 Å². The molecular weight excluding hydrogens is 368 g/mol. The molecular formula is C19H20N2O5S. The summed E-state index contributed by atoms with van der Waals surface area (Å²) in [5.41, 5.74) is 0.520. The summed E-state index contributed by atoms with van der Waals surface area (Å²) in [6.45, 7) is 0. The van der Waals surface area contributed by atoms with Crippen LogP contribution in [-0.2, 0) is 10.0 Å². The molecule has 1 aliphatic carbocycles. The highest BCUT2D eigenvalue weighted by Crippen LogP contribution is 2.23. The van der Waals surface area contributed by atoms with Gasteiger partial charge in [-0.1, -0.05) is 12.1 Å². The Morgan fingerprint density at radius 1 is 1.07 bits per heavy atom.